The van der Waals surface area contributed by atoms with Crippen LogP contribution < -0.4 is 11.1 Å². The standard InChI is InChI=1S/C20H39N5O.HI/c1-4-22-20(25-11-7-8-17(15-25)12-19(21)26)23-13-18-9-5-6-10-24(18)14-16(2)3;/h16-18H,4-15H2,1-3H3,(H2,21,26)(H,22,23);1H. The number of halogens is 1. The van der Waals surface area contributed by atoms with Gasteiger partial charge in [0.15, 0.2) is 5.96 Å². The summed E-state index contributed by atoms with van der Waals surface area (Å²) in [5.41, 5.74) is 5.41. The second-order valence-corrected chi connectivity index (χ2v) is 8.36. The second-order valence-electron chi connectivity index (χ2n) is 8.36. The Morgan fingerprint density at radius 1 is 1.22 bits per heavy atom. The molecule has 2 saturated heterocycles. The van der Waals surface area contributed by atoms with Gasteiger partial charge in [0.2, 0.25) is 5.91 Å². The minimum Gasteiger partial charge on any atom is -0.370 e. The number of nitrogens with two attached hydrogens (primary N) is 1. The highest BCUT2D eigenvalue weighted by Crippen LogP contribution is 2.21. The molecule has 2 aliphatic rings. The molecule has 0 aromatic carbocycles. The average molecular weight is 493 g/mol. The van der Waals surface area contributed by atoms with Crippen LogP contribution in [0.25, 0.3) is 0 Å². The third-order valence-electron chi connectivity index (χ3n) is 5.44. The molecule has 0 aromatic rings. The zero-order valence-electron chi connectivity index (χ0n) is 17.5. The van der Waals surface area contributed by atoms with Crippen molar-refractivity contribution < 1.29 is 4.79 Å². The van der Waals surface area contributed by atoms with Crippen LogP contribution in [0.2, 0.25) is 0 Å². The first kappa shape index (κ1) is 24.5. The van der Waals surface area contributed by atoms with E-state index in [1.165, 1.54) is 32.4 Å². The summed E-state index contributed by atoms with van der Waals surface area (Å²) in [5.74, 6) is 1.88. The first-order chi connectivity index (χ1) is 12.5. The molecular weight excluding hydrogens is 453 g/mol. The Kier molecular flexibility index (Phi) is 11.6. The van der Waals surface area contributed by atoms with Crippen LogP contribution in [0.5, 0.6) is 0 Å². The molecule has 0 aromatic heterocycles. The Morgan fingerprint density at radius 3 is 2.67 bits per heavy atom. The summed E-state index contributed by atoms with van der Waals surface area (Å²) in [7, 11) is 0. The SMILES string of the molecule is CCNC(=NCC1CCCCN1CC(C)C)N1CCCC(CC(N)=O)C1.I. The van der Waals surface area contributed by atoms with Crippen LogP contribution in [-0.2, 0) is 4.79 Å². The van der Waals surface area contributed by atoms with E-state index in [4.69, 9.17) is 10.7 Å². The van der Waals surface area contributed by atoms with Gasteiger partial charge in [0.05, 0.1) is 6.54 Å². The van der Waals surface area contributed by atoms with Crippen LogP contribution in [0.3, 0.4) is 0 Å². The number of hydrogen-bond donors (Lipinski definition) is 2. The molecule has 6 nitrogen and oxygen atoms in total. The highest BCUT2D eigenvalue weighted by molar-refractivity contribution is 14.0. The molecule has 0 spiro atoms. The molecule has 0 aliphatic carbocycles. The molecule has 2 fully saturated rings. The Morgan fingerprint density at radius 2 is 2.00 bits per heavy atom. The third kappa shape index (κ3) is 8.54. The number of aliphatic imine (C=N–C) groups is 1. The summed E-state index contributed by atoms with van der Waals surface area (Å²) >= 11 is 0. The Bertz CT molecular complexity index is 471. The van der Waals surface area contributed by atoms with Crippen LogP contribution >= 0.6 is 24.0 Å². The number of primary amides is 1. The van der Waals surface area contributed by atoms with Crippen LogP contribution in [0.4, 0.5) is 0 Å². The van der Waals surface area contributed by atoms with Gasteiger partial charge in [-0.25, -0.2) is 0 Å². The van der Waals surface area contributed by atoms with E-state index in [9.17, 15) is 4.79 Å². The van der Waals surface area contributed by atoms with Gasteiger partial charge in [-0.1, -0.05) is 20.3 Å². The van der Waals surface area contributed by atoms with Crippen molar-refractivity contribution >= 4 is 35.8 Å². The maximum atomic E-state index is 11.3. The maximum absolute atomic E-state index is 11.3. The lowest BCUT2D eigenvalue weighted by atomic mass is 9.95. The number of carbonyl (C=O) groups is 1. The van der Waals surface area contributed by atoms with Crippen LogP contribution in [0.15, 0.2) is 4.99 Å². The summed E-state index contributed by atoms with van der Waals surface area (Å²) in [5, 5.41) is 3.46. The van der Waals surface area contributed by atoms with Crippen molar-refractivity contribution in [2.24, 2.45) is 22.6 Å². The molecule has 158 valence electrons. The summed E-state index contributed by atoms with van der Waals surface area (Å²) in [6, 6.07) is 0.561. The topological polar surface area (TPSA) is 74.0 Å². The fourth-order valence-corrected chi connectivity index (χ4v) is 4.30. The summed E-state index contributed by atoms with van der Waals surface area (Å²) in [4.78, 5) is 21.2. The van der Waals surface area contributed by atoms with Crippen LogP contribution in [0.1, 0.15) is 59.3 Å². The number of guanidine groups is 1. The van der Waals surface area contributed by atoms with E-state index in [-0.39, 0.29) is 29.9 Å². The molecule has 2 unspecified atom stereocenters. The van der Waals surface area contributed by atoms with Gasteiger partial charge in [-0.2, -0.15) is 0 Å². The number of nitrogens with zero attached hydrogens (tertiary/aromatic N) is 3. The average Bonchev–Trinajstić information content (AvgIpc) is 2.59. The summed E-state index contributed by atoms with van der Waals surface area (Å²) in [6.45, 7) is 12.7. The Labute approximate surface area is 182 Å². The Hall–Kier alpha value is -0.570. The maximum Gasteiger partial charge on any atom is 0.217 e. The van der Waals surface area contributed by atoms with E-state index in [0.29, 0.717) is 24.3 Å². The number of likely N-dealkylation sites (tertiary alicyclic amines) is 2. The molecule has 2 heterocycles. The summed E-state index contributed by atoms with van der Waals surface area (Å²) in [6.07, 6.45) is 6.55. The van der Waals surface area contributed by atoms with Crippen LogP contribution in [-0.4, -0.2) is 67.0 Å². The first-order valence-corrected chi connectivity index (χ1v) is 10.5. The highest BCUT2D eigenvalue weighted by atomic mass is 127. The molecular formula is C20H40IN5O. The quantitative estimate of drug-likeness (QED) is 0.325. The number of hydrogen-bond acceptors (Lipinski definition) is 3. The van der Waals surface area contributed by atoms with Gasteiger partial charge in [-0.15, -0.1) is 24.0 Å². The van der Waals surface area contributed by atoms with E-state index in [2.05, 4.69) is 35.9 Å². The second kappa shape index (κ2) is 12.8. The van der Waals surface area contributed by atoms with Gasteiger partial charge in [0.1, 0.15) is 0 Å². The van der Waals surface area contributed by atoms with E-state index in [1.807, 2.05) is 0 Å². The van der Waals surface area contributed by atoms with E-state index >= 15 is 0 Å². The fraction of sp³-hybridized carbons (Fsp3) is 0.900. The van der Waals surface area contributed by atoms with Crippen molar-refractivity contribution in [3.8, 4) is 0 Å². The van der Waals surface area contributed by atoms with Gasteiger partial charge in [0.25, 0.3) is 0 Å². The monoisotopic (exact) mass is 493 g/mol. The molecule has 0 radical (unpaired) electrons. The molecule has 27 heavy (non-hydrogen) atoms. The van der Waals surface area contributed by atoms with Gasteiger partial charge < -0.3 is 16.0 Å². The number of piperidine rings is 2. The largest absolute Gasteiger partial charge is 0.370 e. The predicted molar refractivity (Wildman–Crippen MR) is 124 cm³/mol. The molecule has 0 saturated carbocycles. The lowest BCUT2D eigenvalue weighted by Gasteiger charge is -2.37. The van der Waals surface area contributed by atoms with Crippen molar-refractivity contribution in [2.45, 2.75) is 65.3 Å². The number of rotatable bonds is 7. The normalized spacial score (nSPS) is 24.6. The number of amides is 1. The molecule has 3 N–H and O–H groups in total. The molecule has 7 heteroatoms. The highest BCUT2D eigenvalue weighted by Gasteiger charge is 2.25. The van der Waals surface area contributed by atoms with Gasteiger partial charge in [-0.3, -0.25) is 14.7 Å². The Balaban J connectivity index is 0.00000364. The van der Waals surface area contributed by atoms with Crippen molar-refractivity contribution in [3.05, 3.63) is 0 Å². The lowest BCUT2D eigenvalue weighted by Crippen LogP contribution is -2.48. The van der Waals surface area contributed by atoms with E-state index in [1.54, 1.807) is 0 Å². The summed E-state index contributed by atoms with van der Waals surface area (Å²) < 4.78 is 0. The number of nitrogens with one attached hydrogen (secondary N) is 1. The smallest absolute Gasteiger partial charge is 0.217 e. The zero-order valence-corrected chi connectivity index (χ0v) is 19.8. The first-order valence-electron chi connectivity index (χ1n) is 10.5. The third-order valence-corrected chi connectivity index (χ3v) is 5.44. The fourth-order valence-electron chi connectivity index (χ4n) is 4.30. The van der Waals surface area contributed by atoms with E-state index < -0.39 is 0 Å². The molecule has 1 amide bonds. The van der Waals surface area contributed by atoms with Crippen molar-refractivity contribution in [1.29, 1.82) is 0 Å². The van der Waals surface area contributed by atoms with Crippen molar-refractivity contribution in [3.63, 3.8) is 0 Å². The minimum absolute atomic E-state index is 0. The lowest BCUT2D eigenvalue weighted by molar-refractivity contribution is -0.119. The molecule has 0 bridgehead atoms. The minimum atomic E-state index is -0.190. The molecule has 2 atom stereocenters. The predicted octanol–water partition coefficient (Wildman–Crippen LogP) is 2.67. The van der Waals surface area contributed by atoms with Gasteiger partial charge in [0, 0.05) is 38.6 Å². The molecule has 2 rings (SSSR count). The van der Waals surface area contributed by atoms with E-state index in [0.717, 1.165) is 45.0 Å². The molecule has 2 aliphatic heterocycles. The zero-order chi connectivity index (χ0) is 18.9. The van der Waals surface area contributed by atoms with Crippen LogP contribution in [0, 0.1) is 11.8 Å². The number of carbonyl (C=O) groups excluding carboxylic acids is 1. The van der Waals surface area contributed by atoms with Gasteiger partial charge >= 0.3 is 0 Å². The van der Waals surface area contributed by atoms with Gasteiger partial charge in [-0.05, 0) is 51.0 Å². The van der Waals surface area contributed by atoms with Crippen molar-refractivity contribution in [1.82, 2.24) is 15.1 Å². The van der Waals surface area contributed by atoms with Crippen molar-refractivity contribution in [2.75, 3.05) is 39.3 Å².